The first-order valence-electron chi connectivity index (χ1n) is 4.58. The topological polar surface area (TPSA) is 93.5 Å². The van der Waals surface area contributed by atoms with Crippen LogP contribution in [0.3, 0.4) is 0 Å². The molecule has 0 spiro atoms. The van der Waals surface area contributed by atoms with Crippen molar-refractivity contribution in [2.45, 2.75) is 0 Å². The molecule has 7 nitrogen and oxygen atoms in total. The quantitative estimate of drug-likeness (QED) is 0.610. The second-order valence-corrected chi connectivity index (χ2v) is 3.02. The average Bonchev–Trinajstić information content (AvgIpc) is 2.35. The number of amides is 1. The van der Waals surface area contributed by atoms with Crippen LogP contribution in [0.2, 0.25) is 0 Å². The summed E-state index contributed by atoms with van der Waals surface area (Å²) < 4.78 is 4.34. The fourth-order valence-corrected chi connectivity index (χ4v) is 1.03. The molecule has 1 amide bonds. The summed E-state index contributed by atoms with van der Waals surface area (Å²) in [4.78, 5) is 20.7. The van der Waals surface area contributed by atoms with Crippen LogP contribution in [0.4, 0.5) is 10.5 Å². The highest BCUT2D eigenvalue weighted by Crippen LogP contribution is 2.15. The molecule has 0 unspecified atom stereocenters. The monoisotopic (exact) mass is 237 g/mol. The normalized spacial score (nSPS) is 9.24. The van der Waals surface area contributed by atoms with E-state index in [1.807, 2.05) is 0 Å². The molecule has 0 aromatic heterocycles. The highest BCUT2D eigenvalue weighted by molar-refractivity contribution is 5.70. The summed E-state index contributed by atoms with van der Waals surface area (Å²) in [7, 11) is 1.23. The van der Waals surface area contributed by atoms with Crippen LogP contribution in [-0.2, 0) is 4.74 Å². The van der Waals surface area contributed by atoms with Crippen molar-refractivity contribution < 1.29 is 14.5 Å². The molecule has 17 heavy (non-hydrogen) atoms. The number of benzene rings is 1. The van der Waals surface area contributed by atoms with Crippen molar-refractivity contribution in [1.29, 1.82) is 0 Å². The van der Waals surface area contributed by atoms with Crippen LogP contribution in [-0.4, -0.2) is 18.1 Å². The zero-order valence-electron chi connectivity index (χ0n) is 9.10. The third kappa shape index (κ3) is 3.49. The van der Waals surface area contributed by atoms with Crippen molar-refractivity contribution in [2.75, 3.05) is 7.11 Å². The predicted molar refractivity (Wildman–Crippen MR) is 60.8 cm³/mol. The van der Waals surface area contributed by atoms with Crippen LogP contribution in [0, 0.1) is 10.1 Å². The summed E-state index contributed by atoms with van der Waals surface area (Å²) in [5.41, 5.74) is 5.73. The number of rotatable bonds is 4. The maximum atomic E-state index is 10.8. The first-order chi connectivity index (χ1) is 8.04. The Labute approximate surface area is 97.2 Å². The lowest BCUT2D eigenvalue weighted by Gasteiger charge is -2.09. The van der Waals surface area contributed by atoms with E-state index in [0.717, 1.165) is 0 Å². The molecule has 2 N–H and O–H groups in total. The first-order valence-corrected chi connectivity index (χ1v) is 4.58. The van der Waals surface area contributed by atoms with Crippen LogP contribution in [0.25, 0.3) is 5.70 Å². The summed E-state index contributed by atoms with van der Waals surface area (Å²) in [6.07, 6.45) is -0.659. The standard InChI is InChI=1S/C10H11N3O4/c1-7(11-12-10(14)17-2)8-3-5-9(6-4-8)13(15)16/h3-6,11H,1H2,2H3,(H,12,14). The molecule has 1 aromatic carbocycles. The van der Waals surface area contributed by atoms with Gasteiger partial charge in [0.1, 0.15) is 0 Å². The zero-order valence-corrected chi connectivity index (χ0v) is 9.10. The highest BCUT2D eigenvalue weighted by Gasteiger charge is 2.06. The second kappa shape index (κ2) is 5.50. The molecule has 0 bridgehead atoms. The van der Waals surface area contributed by atoms with Gasteiger partial charge in [0.05, 0.1) is 17.7 Å². The van der Waals surface area contributed by atoms with Gasteiger partial charge in [0.25, 0.3) is 5.69 Å². The Morgan fingerprint density at radius 2 is 1.94 bits per heavy atom. The predicted octanol–water partition coefficient (Wildman–Crippen LogP) is 1.43. The van der Waals surface area contributed by atoms with Crippen LogP contribution in [0.15, 0.2) is 30.8 Å². The summed E-state index contributed by atoms with van der Waals surface area (Å²) in [6, 6.07) is 5.74. The first kappa shape index (κ1) is 12.5. The van der Waals surface area contributed by atoms with E-state index in [4.69, 9.17) is 0 Å². The van der Waals surface area contributed by atoms with Gasteiger partial charge in [-0.15, -0.1) is 0 Å². The molecule has 7 heteroatoms. The Morgan fingerprint density at radius 3 is 2.41 bits per heavy atom. The minimum Gasteiger partial charge on any atom is -0.452 e. The van der Waals surface area contributed by atoms with Crippen molar-refractivity contribution >= 4 is 17.5 Å². The molecule has 0 radical (unpaired) electrons. The minimum atomic E-state index is -0.659. The molecule has 0 saturated heterocycles. The molecule has 0 aliphatic heterocycles. The smallest absolute Gasteiger partial charge is 0.425 e. The third-order valence-electron chi connectivity index (χ3n) is 1.93. The third-order valence-corrected chi connectivity index (χ3v) is 1.93. The van der Waals surface area contributed by atoms with Crippen LogP contribution in [0.1, 0.15) is 5.56 Å². The van der Waals surface area contributed by atoms with Gasteiger partial charge >= 0.3 is 6.09 Å². The Morgan fingerprint density at radius 1 is 1.35 bits per heavy atom. The Kier molecular flexibility index (Phi) is 4.04. The molecule has 0 heterocycles. The molecule has 0 fully saturated rings. The fourth-order valence-electron chi connectivity index (χ4n) is 1.03. The molecule has 1 rings (SSSR count). The van der Waals surface area contributed by atoms with E-state index >= 15 is 0 Å². The summed E-state index contributed by atoms with van der Waals surface area (Å²) in [5, 5.41) is 10.4. The van der Waals surface area contributed by atoms with Gasteiger partial charge in [-0.3, -0.25) is 15.5 Å². The number of carbonyl (C=O) groups is 1. The number of non-ortho nitro benzene ring substituents is 1. The van der Waals surface area contributed by atoms with Gasteiger partial charge < -0.3 is 4.74 Å². The number of nitro groups is 1. The van der Waals surface area contributed by atoms with Crippen molar-refractivity contribution in [1.82, 2.24) is 10.9 Å². The van der Waals surface area contributed by atoms with Crippen LogP contribution in [0.5, 0.6) is 0 Å². The fraction of sp³-hybridized carbons (Fsp3) is 0.100. The lowest BCUT2D eigenvalue weighted by atomic mass is 10.1. The number of hydrazine groups is 1. The SMILES string of the molecule is C=C(NNC(=O)OC)c1ccc([N+](=O)[O-])cc1. The van der Waals surface area contributed by atoms with Gasteiger partial charge in [-0.1, -0.05) is 6.58 Å². The van der Waals surface area contributed by atoms with Crippen LogP contribution < -0.4 is 10.9 Å². The van der Waals surface area contributed by atoms with Gasteiger partial charge in [-0.25, -0.2) is 10.2 Å². The second-order valence-electron chi connectivity index (χ2n) is 3.02. The number of nitrogens with zero attached hydrogens (tertiary/aromatic N) is 1. The largest absolute Gasteiger partial charge is 0.452 e. The number of carbonyl (C=O) groups excluding carboxylic acids is 1. The van der Waals surface area contributed by atoms with E-state index in [9.17, 15) is 14.9 Å². The maximum absolute atomic E-state index is 10.8. The molecular weight excluding hydrogens is 226 g/mol. The lowest BCUT2D eigenvalue weighted by Crippen LogP contribution is -2.35. The molecule has 1 aromatic rings. The van der Waals surface area contributed by atoms with Crippen LogP contribution >= 0.6 is 0 Å². The number of methoxy groups -OCH3 is 1. The summed E-state index contributed by atoms with van der Waals surface area (Å²) >= 11 is 0. The molecule has 0 aliphatic carbocycles. The van der Waals surface area contributed by atoms with Crippen molar-refractivity contribution in [3.8, 4) is 0 Å². The Hall–Kier alpha value is -2.57. The van der Waals surface area contributed by atoms with E-state index in [0.29, 0.717) is 11.3 Å². The van der Waals surface area contributed by atoms with Gasteiger partial charge in [0.2, 0.25) is 0 Å². The Balaban J connectivity index is 2.64. The summed E-state index contributed by atoms with van der Waals surface area (Å²) in [6.45, 7) is 3.65. The number of hydrogen-bond donors (Lipinski definition) is 2. The van der Waals surface area contributed by atoms with Gasteiger partial charge in [0, 0.05) is 12.1 Å². The van der Waals surface area contributed by atoms with Crippen molar-refractivity contribution in [3.05, 3.63) is 46.5 Å². The maximum Gasteiger partial charge on any atom is 0.425 e. The lowest BCUT2D eigenvalue weighted by molar-refractivity contribution is -0.384. The number of nitro benzene ring substituents is 1. The molecule has 90 valence electrons. The molecular formula is C10H11N3O4. The molecule has 0 aliphatic rings. The van der Waals surface area contributed by atoms with E-state index in [2.05, 4.69) is 22.2 Å². The zero-order chi connectivity index (χ0) is 12.8. The number of hydrogen-bond acceptors (Lipinski definition) is 5. The highest BCUT2D eigenvalue weighted by atomic mass is 16.6. The number of nitrogens with one attached hydrogen (secondary N) is 2. The van der Waals surface area contributed by atoms with Crippen molar-refractivity contribution in [3.63, 3.8) is 0 Å². The summed E-state index contributed by atoms with van der Waals surface area (Å²) in [5.74, 6) is 0. The number of ether oxygens (including phenoxy) is 1. The molecule has 0 saturated carbocycles. The van der Waals surface area contributed by atoms with E-state index < -0.39 is 11.0 Å². The van der Waals surface area contributed by atoms with E-state index in [-0.39, 0.29) is 5.69 Å². The molecule has 0 atom stereocenters. The minimum absolute atomic E-state index is 0.0116. The average molecular weight is 237 g/mol. The van der Waals surface area contributed by atoms with E-state index in [1.165, 1.54) is 31.4 Å². The van der Waals surface area contributed by atoms with Gasteiger partial charge in [-0.05, 0) is 17.7 Å². The van der Waals surface area contributed by atoms with Gasteiger partial charge in [0.15, 0.2) is 0 Å². The van der Waals surface area contributed by atoms with Gasteiger partial charge in [-0.2, -0.15) is 0 Å². The Bertz CT molecular complexity index is 441. The van der Waals surface area contributed by atoms with E-state index in [1.54, 1.807) is 0 Å². The van der Waals surface area contributed by atoms with Crippen molar-refractivity contribution in [2.24, 2.45) is 0 Å².